The Kier molecular flexibility index (Phi) is 4.21. The van der Waals surface area contributed by atoms with Crippen LogP contribution in [-0.4, -0.2) is 25.2 Å². The molecule has 0 fully saturated rings. The van der Waals surface area contributed by atoms with E-state index in [0.717, 1.165) is 4.68 Å². The van der Waals surface area contributed by atoms with E-state index in [-0.39, 0.29) is 5.82 Å². The Hall–Kier alpha value is -2.51. The molecule has 0 bridgehead atoms. The van der Waals surface area contributed by atoms with E-state index in [1.165, 1.54) is 13.2 Å². The number of fused-ring (bicyclic) bond motifs is 1. The van der Waals surface area contributed by atoms with Gasteiger partial charge in [-0.2, -0.15) is 4.68 Å². The van der Waals surface area contributed by atoms with Crippen LogP contribution in [0.3, 0.4) is 0 Å². The second-order valence-corrected chi connectivity index (χ2v) is 7.72. The molecule has 0 aliphatic rings. The van der Waals surface area contributed by atoms with Gasteiger partial charge < -0.3 is 5.11 Å². The molecule has 0 spiro atoms. The van der Waals surface area contributed by atoms with Crippen molar-refractivity contribution in [3.8, 4) is 0 Å². The van der Waals surface area contributed by atoms with Gasteiger partial charge >= 0.3 is 0 Å². The van der Waals surface area contributed by atoms with Crippen molar-refractivity contribution in [1.82, 2.24) is 9.66 Å². The molecule has 0 aliphatic heterocycles. The molecule has 7 heteroatoms. The average Bonchev–Trinajstić information content (AvgIpc) is 2.58. The maximum atomic E-state index is 13.0. The summed E-state index contributed by atoms with van der Waals surface area (Å²) in [5.74, 6) is 0.0595. The van der Waals surface area contributed by atoms with Gasteiger partial charge in [0.2, 0.25) is 0 Å². The lowest BCUT2D eigenvalue weighted by molar-refractivity contribution is 0.183. The highest BCUT2D eigenvalue weighted by Gasteiger charge is 2.16. The Morgan fingerprint density at radius 1 is 1.12 bits per heavy atom. The van der Waals surface area contributed by atoms with Crippen LogP contribution in [0.1, 0.15) is 18.9 Å². The first-order valence-electron chi connectivity index (χ1n) is 7.37. The highest BCUT2D eigenvalue weighted by atomic mass is 32.2. The first-order valence-corrected chi connectivity index (χ1v) is 9.30. The quantitative estimate of drug-likeness (QED) is 0.791. The summed E-state index contributed by atoms with van der Waals surface area (Å²) in [6.45, 7) is 1.49. The number of aliphatic hydroxyl groups is 1. The van der Waals surface area contributed by atoms with Crippen molar-refractivity contribution < 1.29 is 9.32 Å². The highest BCUT2D eigenvalue weighted by Crippen LogP contribution is 2.16. The highest BCUT2D eigenvalue weighted by molar-refractivity contribution is 7.93. The maximum absolute atomic E-state index is 13.0. The van der Waals surface area contributed by atoms with Gasteiger partial charge in [-0.15, -0.1) is 4.47 Å². The summed E-state index contributed by atoms with van der Waals surface area (Å²) in [5, 5.41) is 10.3. The molecular weight excluding hydrogens is 326 g/mol. The second-order valence-electron chi connectivity index (χ2n) is 5.48. The number of benzene rings is 2. The molecule has 0 aliphatic carbocycles. The molecular formula is C17H17N3O3S. The number of nitrogens with zero attached hydrogens (tertiary/aromatic N) is 3. The second kappa shape index (κ2) is 6.18. The number of aliphatic hydroxyl groups excluding tert-OH is 1. The molecule has 0 saturated heterocycles. The third kappa shape index (κ3) is 2.95. The number of rotatable bonds is 3. The molecule has 3 rings (SSSR count). The van der Waals surface area contributed by atoms with Gasteiger partial charge in [-0.1, -0.05) is 30.3 Å². The fraction of sp³-hybridized carbons (Fsp3) is 0.176. The summed E-state index contributed by atoms with van der Waals surface area (Å²) in [7, 11) is -2.87. The lowest BCUT2D eigenvalue weighted by Gasteiger charge is -2.12. The van der Waals surface area contributed by atoms with Gasteiger partial charge in [0, 0.05) is 11.2 Å². The van der Waals surface area contributed by atoms with Crippen molar-refractivity contribution in [2.24, 2.45) is 4.47 Å². The van der Waals surface area contributed by atoms with E-state index in [1.54, 1.807) is 48.5 Å². The third-order valence-electron chi connectivity index (χ3n) is 3.57. The number of hydrogen-bond acceptors (Lipinski definition) is 5. The minimum Gasteiger partial charge on any atom is -0.385 e. The predicted molar refractivity (Wildman–Crippen MR) is 93.2 cm³/mol. The summed E-state index contributed by atoms with van der Waals surface area (Å²) in [6, 6.07) is 15.5. The zero-order chi connectivity index (χ0) is 17.3. The number of aromatic nitrogens is 2. The molecule has 1 aromatic heterocycles. The van der Waals surface area contributed by atoms with Gasteiger partial charge in [-0.3, -0.25) is 4.79 Å². The lowest BCUT2D eigenvalue weighted by atomic mass is 10.2. The molecule has 6 nitrogen and oxygen atoms in total. The van der Waals surface area contributed by atoms with Crippen LogP contribution in [0.25, 0.3) is 10.9 Å². The largest absolute Gasteiger partial charge is 0.385 e. The molecule has 0 amide bonds. The van der Waals surface area contributed by atoms with Gasteiger partial charge in [-0.05, 0) is 31.2 Å². The monoisotopic (exact) mass is 343 g/mol. The van der Waals surface area contributed by atoms with Crippen molar-refractivity contribution in [3.63, 3.8) is 0 Å². The van der Waals surface area contributed by atoms with Crippen LogP contribution in [-0.2, 0) is 9.73 Å². The van der Waals surface area contributed by atoms with Crippen molar-refractivity contribution in [1.29, 1.82) is 0 Å². The third-order valence-corrected chi connectivity index (χ3v) is 5.19. The van der Waals surface area contributed by atoms with Gasteiger partial charge in [0.05, 0.1) is 20.6 Å². The zero-order valence-electron chi connectivity index (χ0n) is 13.3. The summed E-state index contributed by atoms with van der Waals surface area (Å²) >= 11 is 0. The summed E-state index contributed by atoms with van der Waals surface area (Å²) < 4.78 is 18.1. The minimum atomic E-state index is -2.87. The van der Waals surface area contributed by atoms with Crippen molar-refractivity contribution in [2.45, 2.75) is 17.9 Å². The molecule has 3 aromatic rings. The predicted octanol–water partition coefficient (Wildman–Crippen LogP) is 2.37. The van der Waals surface area contributed by atoms with E-state index in [1.807, 2.05) is 6.07 Å². The standard InChI is InChI=1S/C17H17N3O3S/c1-12(21)16-18-15-11-7-6-10-14(15)17(22)20(16)19-24(2,23)13-8-4-3-5-9-13/h3-12,21H,1-2H3/t12-,24+/m0/s1. The van der Waals surface area contributed by atoms with Gasteiger partial charge in [0.25, 0.3) is 5.56 Å². The van der Waals surface area contributed by atoms with E-state index in [0.29, 0.717) is 15.8 Å². The molecule has 124 valence electrons. The topological polar surface area (TPSA) is 84.6 Å². The molecule has 24 heavy (non-hydrogen) atoms. The van der Waals surface area contributed by atoms with Crippen LogP contribution in [0.15, 0.2) is 68.8 Å². The number of hydrogen-bond donors (Lipinski definition) is 1. The van der Waals surface area contributed by atoms with Crippen molar-refractivity contribution >= 4 is 20.6 Å². The Balaban J connectivity index is 2.35. The van der Waals surface area contributed by atoms with Crippen LogP contribution < -0.4 is 5.56 Å². The van der Waals surface area contributed by atoms with Crippen molar-refractivity contribution in [3.05, 3.63) is 70.8 Å². The van der Waals surface area contributed by atoms with E-state index >= 15 is 0 Å². The van der Waals surface area contributed by atoms with Gasteiger partial charge in [0.15, 0.2) is 5.82 Å². The Labute approximate surface area is 139 Å². The first kappa shape index (κ1) is 16.4. The number of para-hydroxylation sites is 1. The van der Waals surface area contributed by atoms with E-state index in [9.17, 15) is 14.1 Å². The first-order chi connectivity index (χ1) is 11.4. The Morgan fingerprint density at radius 2 is 1.75 bits per heavy atom. The normalized spacial score (nSPS) is 15.0. The van der Waals surface area contributed by atoms with Crippen LogP contribution >= 0.6 is 0 Å². The molecule has 0 saturated carbocycles. The summed E-state index contributed by atoms with van der Waals surface area (Å²) in [5.41, 5.74) is 0.00849. The van der Waals surface area contributed by atoms with E-state index in [4.69, 9.17) is 0 Å². The lowest BCUT2D eigenvalue weighted by Crippen LogP contribution is -2.24. The summed E-state index contributed by atoms with van der Waals surface area (Å²) in [6.07, 6.45) is 0.424. The van der Waals surface area contributed by atoms with Gasteiger partial charge in [-0.25, -0.2) is 9.19 Å². The van der Waals surface area contributed by atoms with Crippen LogP contribution in [0.5, 0.6) is 0 Å². The zero-order valence-corrected chi connectivity index (χ0v) is 14.1. The van der Waals surface area contributed by atoms with Crippen LogP contribution in [0.2, 0.25) is 0 Å². The van der Waals surface area contributed by atoms with E-state index in [2.05, 4.69) is 9.46 Å². The molecule has 0 radical (unpaired) electrons. The molecule has 2 aromatic carbocycles. The Bertz CT molecular complexity index is 1070. The van der Waals surface area contributed by atoms with Crippen LogP contribution in [0, 0.1) is 0 Å². The van der Waals surface area contributed by atoms with Crippen molar-refractivity contribution in [2.75, 3.05) is 6.26 Å². The van der Waals surface area contributed by atoms with Crippen LogP contribution in [0.4, 0.5) is 0 Å². The van der Waals surface area contributed by atoms with Gasteiger partial charge in [0.1, 0.15) is 6.10 Å². The Morgan fingerprint density at radius 3 is 2.42 bits per heavy atom. The maximum Gasteiger partial charge on any atom is 0.282 e. The SMILES string of the molecule is C[C@H](O)c1nc2ccccc2c(=O)n1N=[S@](C)(=O)c1ccccc1. The molecule has 2 atom stereocenters. The smallest absolute Gasteiger partial charge is 0.282 e. The molecule has 1 N–H and O–H groups in total. The molecule has 1 heterocycles. The fourth-order valence-electron chi connectivity index (χ4n) is 2.37. The average molecular weight is 343 g/mol. The van der Waals surface area contributed by atoms with E-state index < -0.39 is 21.4 Å². The minimum absolute atomic E-state index is 0.0595. The summed E-state index contributed by atoms with van der Waals surface area (Å²) in [4.78, 5) is 17.6. The molecule has 0 unspecified atom stereocenters. The fourth-order valence-corrected chi connectivity index (χ4v) is 3.59.